The van der Waals surface area contributed by atoms with Gasteiger partial charge in [-0.3, -0.25) is 14.2 Å². The van der Waals surface area contributed by atoms with Crippen LogP contribution in [0.5, 0.6) is 0 Å². The molecule has 0 saturated carbocycles. The SMILES string of the molecule is C/C=C\C/C=C\C/C=C\C/C=C\C/C=C\C/C=C\CCC(=O)O[C@H](COC(=O)CCCCC/C=C\C/C=C\C/C=C\C/C=C\C/C=C\C[As](C)(C)=O)COP(=O)([O-])OCC[N+](C)(C)C. The predicted octanol–water partition coefficient (Wildman–Crippen LogP) is 12.7. The van der Waals surface area contributed by atoms with Gasteiger partial charge in [0, 0.05) is 12.8 Å². The molecule has 1 unspecified atom stereocenters. The smallest absolute Gasteiger partial charge is 0.268 e. The van der Waals surface area contributed by atoms with E-state index in [2.05, 4.69) is 115 Å². The van der Waals surface area contributed by atoms with E-state index in [0.717, 1.165) is 82.3 Å². The summed E-state index contributed by atoms with van der Waals surface area (Å²) in [6.07, 6.45) is 57.4. The van der Waals surface area contributed by atoms with E-state index in [1.807, 2.05) is 57.7 Å². The number of unbranched alkanes of at least 4 members (excludes halogenated alkanes) is 3. The average Bonchev–Trinajstić information content (AvgIpc) is 3.22. The van der Waals surface area contributed by atoms with Crippen LogP contribution in [0.4, 0.5) is 0 Å². The zero-order chi connectivity index (χ0) is 47.5. The molecular weight excluding hydrogens is 888 g/mol. The number of hydrogen-bond acceptors (Lipinski definition) is 9. The number of quaternary nitrogens is 1. The Hall–Kier alpha value is -3.49. The molecule has 0 aliphatic heterocycles. The van der Waals surface area contributed by atoms with E-state index in [-0.39, 0.29) is 26.1 Å². The van der Waals surface area contributed by atoms with Crippen LogP contribution in [-0.2, 0) is 36.4 Å². The van der Waals surface area contributed by atoms with Gasteiger partial charge in [0.25, 0.3) is 7.82 Å². The molecule has 0 aliphatic rings. The first-order valence-electron chi connectivity index (χ1n) is 23.0. The van der Waals surface area contributed by atoms with Crippen molar-refractivity contribution in [1.82, 2.24) is 0 Å². The molecule has 0 spiro atoms. The Morgan fingerprint density at radius 3 is 1.45 bits per heavy atom. The Bertz CT molecular complexity index is 1650. The third-order valence-electron chi connectivity index (χ3n) is 8.82. The number of esters is 2. The van der Waals surface area contributed by atoms with Gasteiger partial charge in [-0.15, -0.1) is 0 Å². The molecule has 0 heterocycles. The van der Waals surface area contributed by atoms with Crippen LogP contribution in [-0.4, -0.2) is 83.5 Å². The minimum absolute atomic E-state index is 0.0640. The van der Waals surface area contributed by atoms with Crippen LogP contribution in [0.3, 0.4) is 0 Å². The number of phosphoric ester groups is 1. The molecule has 0 rings (SSSR count). The summed E-state index contributed by atoms with van der Waals surface area (Å²) in [5.74, 6) is -1.00. The number of phosphoric acid groups is 1. The first-order valence-corrected chi connectivity index (χ1v) is 30.3. The van der Waals surface area contributed by atoms with E-state index in [0.29, 0.717) is 23.9 Å². The van der Waals surface area contributed by atoms with Gasteiger partial charge in [0.15, 0.2) is 6.10 Å². The van der Waals surface area contributed by atoms with Gasteiger partial charge in [0.1, 0.15) is 19.8 Å². The fourth-order valence-corrected chi connectivity index (χ4v) is 7.32. The number of likely N-dealkylation sites (N-methyl/N-ethyl adjacent to an activating group) is 1. The van der Waals surface area contributed by atoms with Crippen LogP contribution >= 0.6 is 7.82 Å². The number of allylic oxidation sites excluding steroid dienone is 22. The second-order valence-electron chi connectivity index (χ2n) is 16.7. The molecule has 0 amide bonds. The molecule has 10 nitrogen and oxygen atoms in total. The van der Waals surface area contributed by atoms with Crippen molar-refractivity contribution < 1.29 is 45.8 Å². The Morgan fingerprint density at radius 1 is 0.562 bits per heavy atom. The molecule has 0 N–H and O–H groups in total. The van der Waals surface area contributed by atoms with Gasteiger partial charge in [-0.1, -0.05) is 91.5 Å². The summed E-state index contributed by atoms with van der Waals surface area (Å²) in [6.45, 7) is 1.55. The topological polar surface area (TPSA) is 128 Å². The summed E-state index contributed by atoms with van der Waals surface area (Å²) in [6, 6.07) is 0. The summed E-state index contributed by atoms with van der Waals surface area (Å²) >= 11 is -2.55. The monoisotopic (exact) mass is 972 g/mol. The summed E-state index contributed by atoms with van der Waals surface area (Å²) in [4.78, 5) is 37.6. The van der Waals surface area contributed by atoms with Crippen molar-refractivity contribution in [2.75, 3.05) is 47.5 Å². The van der Waals surface area contributed by atoms with Crippen molar-refractivity contribution in [2.24, 2.45) is 0 Å². The molecule has 2 atom stereocenters. The van der Waals surface area contributed by atoms with Crippen molar-refractivity contribution in [1.29, 1.82) is 0 Å². The van der Waals surface area contributed by atoms with Crippen LogP contribution in [0.25, 0.3) is 0 Å². The number of rotatable bonds is 39. The number of nitrogens with zero attached hydrogens (tertiary/aromatic N) is 1. The van der Waals surface area contributed by atoms with Gasteiger partial charge in [-0.05, 0) is 71.1 Å². The second-order valence-corrected chi connectivity index (χ2v) is 25.5. The Balaban J connectivity index is 4.54. The third kappa shape index (κ3) is 48.0. The van der Waals surface area contributed by atoms with Gasteiger partial charge in [-0.25, -0.2) is 0 Å². The van der Waals surface area contributed by atoms with Gasteiger partial charge in [-0.2, -0.15) is 0 Å². The molecule has 0 aromatic rings. The van der Waals surface area contributed by atoms with Crippen molar-refractivity contribution in [3.63, 3.8) is 0 Å². The van der Waals surface area contributed by atoms with Crippen LogP contribution in [0, 0.1) is 0 Å². The minimum atomic E-state index is -4.67. The van der Waals surface area contributed by atoms with Crippen LogP contribution in [0.1, 0.15) is 110 Å². The predicted molar refractivity (Wildman–Crippen MR) is 266 cm³/mol. The number of hydrogen-bond donors (Lipinski definition) is 0. The summed E-state index contributed by atoms with van der Waals surface area (Å²) in [5.41, 5.74) is 3.73. The fourth-order valence-electron chi connectivity index (χ4n) is 5.21. The average molecular weight is 972 g/mol. The van der Waals surface area contributed by atoms with E-state index in [4.69, 9.17) is 18.5 Å². The third-order valence-corrected chi connectivity index (χ3v) is 12.1. The van der Waals surface area contributed by atoms with Crippen LogP contribution in [0.2, 0.25) is 16.6 Å². The minimum Gasteiger partial charge on any atom is -0.756 e. The van der Waals surface area contributed by atoms with Crippen molar-refractivity contribution >= 4 is 33.3 Å². The number of carbonyl (C=O) groups is 2. The molecule has 12 heteroatoms. The van der Waals surface area contributed by atoms with Gasteiger partial charge in [0.05, 0.1) is 27.7 Å². The van der Waals surface area contributed by atoms with E-state index in [9.17, 15) is 22.8 Å². The molecule has 64 heavy (non-hydrogen) atoms. The Kier molecular flexibility index (Phi) is 38.7. The van der Waals surface area contributed by atoms with Crippen molar-refractivity contribution in [3.8, 4) is 0 Å². The van der Waals surface area contributed by atoms with E-state index < -0.39 is 46.0 Å². The molecule has 0 aliphatic carbocycles. The van der Waals surface area contributed by atoms with Gasteiger partial charge >= 0.3 is 114 Å². The van der Waals surface area contributed by atoms with E-state index in [1.165, 1.54) is 0 Å². The van der Waals surface area contributed by atoms with Gasteiger partial charge in [0.2, 0.25) is 0 Å². The summed E-state index contributed by atoms with van der Waals surface area (Å²) in [7, 11) is 1.05. The maximum absolute atomic E-state index is 12.7. The molecule has 360 valence electrons. The van der Waals surface area contributed by atoms with E-state index >= 15 is 0 Å². The van der Waals surface area contributed by atoms with Crippen molar-refractivity contribution in [3.05, 3.63) is 134 Å². The Morgan fingerprint density at radius 2 is 1.00 bits per heavy atom. The normalized spacial score (nSPS) is 14.9. The summed E-state index contributed by atoms with van der Waals surface area (Å²) in [5, 5.41) is 0.720. The first kappa shape index (κ1) is 60.5. The quantitative estimate of drug-likeness (QED) is 0.0148. The zero-order valence-electron chi connectivity index (χ0n) is 40.1. The Labute approximate surface area is 390 Å². The number of ether oxygens (including phenoxy) is 2. The van der Waals surface area contributed by atoms with Crippen molar-refractivity contribution in [2.45, 2.75) is 132 Å². The summed E-state index contributed by atoms with van der Waals surface area (Å²) < 4.78 is 45.5. The fraction of sp³-hybridized carbons (Fsp3) is 0.538. The standard InChI is InChI=1S/C52H83AsNO9P/c1-7-8-9-10-11-12-13-14-15-16-19-23-26-29-32-35-38-41-44-52(56)63-50(49-62-64(58,59)61-47-46-54(4,5)6)48-60-51(55)43-40-37-34-31-28-25-22-20-17-18-21-24-27-30-33-36-39-42-45-53(2,3)57/h7-8,10-11,13-14,16-17,19-21,24-26,28-30,33,35,38-39,42,50H,9,12,15,18,22-23,27,31-32,34,36-37,40-41,43-49H2,1-6H3/b8-7-,11-10-,14-13-,19-16-,20-17-,24-21-,28-25-,29-26-,33-30-,38-35-,42-39-/t50-/m1/s1. The largest absolute Gasteiger partial charge is 0.756 e. The second kappa shape index (κ2) is 41.0. The molecule has 0 fully saturated rings. The van der Waals surface area contributed by atoms with Gasteiger partial charge < -0.3 is 27.9 Å². The molecule has 0 bridgehead atoms. The van der Waals surface area contributed by atoms with Crippen LogP contribution in [0.15, 0.2) is 134 Å². The molecule has 0 aromatic heterocycles. The van der Waals surface area contributed by atoms with E-state index in [1.54, 1.807) is 0 Å². The molecule has 0 aromatic carbocycles. The number of carbonyl (C=O) groups excluding carboxylic acids is 2. The molecule has 0 radical (unpaired) electrons. The molecular formula is C52H83AsNO9P. The maximum atomic E-state index is 12.7. The maximum Gasteiger partial charge on any atom is 0.268 e. The first-order chi connectivity index (χ1) is 30.6. The zero-order valence-corrected chi connectivity index (χ0v) is 42.9. The van der Waals surface area contributed by atoms with Crippen LogP contribution < -0.4 is 4.89 Å². The molecule has 0 saturated heterocycles.